The fourth-order valence-electron chi connectivity index (χ4n) is 3.15. The van der Waals surface area contributed by atoms with Crippen molar-refractivity contribution in [3.63, 3.8) is 0 Å². The number of piperidine rings is 1. The van der Waals surface area contributed by atoms with Crippen molar-refractivity contribution in [2.24, 2.45) is 5.92 Å². The summed E-state index contributed by atoms with van der Waals surface area (Å²) in [6.45, 7) is 1.34. The van der Waals surface area contributed by atoms with Gasteiger partial charge in [0.15, 0.2) is 6.61 Å². The zero-order valence-electron chi connectivity index (χ0n) is 15.1. The first-order valence-electron chi connectivity index (χ1n) is 8.75. The van der Waals surface area contributed by atoms with Crippen LogP contribution in [-0.4, -0.2) is 64.5 Å². The number of nitrogens with one attached hydrogen (secondary N) is 2. The van der Waals surface area contributed by atoms with Gasteiger partial charge in [-0.3, -0.25) is 9.59 Å². The minimum Gasteiger partial charge on any atom is -0.482 e. The van der Waals surface area contributed by atoms with Crippen LogP contribution in [0.4, 0.5) is 5.69 Å². The van der Waals surface area contributed by atoms with Crippen LogP contribution < -0.4 is 15.4 Å². The van der Waals surface area contributed by atoms with Crippen molar-refractivity contribution in [2.75, 3.05) is 45.3 Å². The summed E-state index contributed by atoms with van der Waals surface area (Å²) in [5.74, 6) is -0.153. The molecule has 0 aliphatic carbocycles. The van der Waals surface area contributed by atoms with E-state index >= 15 is 0 Å². The van der Waals surface area contributed by atoms with Crippen LogP contribution in [0.15, 0.2) is 23.1 Å². The molecule has 3 rings (SSSR count). The molecule has 0 spiro atoms. The van der Waals surface area contributed by atoms with E-state index < -0.39 is 10.0 Å². The highest BCUT2D eigenvalue weighted by Gasteiger charge is 2.32. The maximum absolute atomic E-state index is 12.9. The molecule has 2 amide bonds. The Morgan fingerprint density at radius 1 is 1.37 bits per heavy atom. The fraction of sp³-hybridized carbons (Fsp3) is 0.529. The summed E-state index contributed by atoms with van der Waals surface area (Å²) < 4.78 is 37.3. The number of fused-ring (bicyclic) bond motifs is 1. The molecular weight excluding hydrogens is 374 g/mol. The van der Waals surface area contributed by atoms with Gasteiger partial charge in [0.2, 0.25) is 15.9 Å². The third-order valence-electron chi connectivity index (χ3n) is 4.65. The van der Waals surface area contributed by atoms with E-state index in [1.54, 1.807) is 7.11 Å². The van der Waals surface area contributed by atoms with Gasteiger partial charge in [-0.15, -0.1) is 0 Å². The third kappa shape index (κ3) is 4.40. The molecule has 0 bridgehead atoms. The predicted molar refractivity (Wildman–Crippen MR) is 96.9 cm³/mol. The molecule has 1 aromatic carbocycles. The summed E-state index contributed by atoms with van der Waals surface area (Å²) in [5.41, 5.74) is 0.347. The van der Waals surface area contributed by atoms with Gasteiger partial charge >= 0.3 is 0 Å². The summed E-state index contributed by atoms with van der Waals surface area (Å²) in [6.07, 6.45) is 0.922. The Morgan fingerprint density at radius 2 is 2.11 bits per heavy atom. The lowest BCUT2D eigenvalue weighted by Gasteiger charge is -2.30. The highest BCUT2D eigenvalue weighted by Crippen LogP contribution is 2.32. The largest absolute Gasteiger partial charge is 0.482 e. The lowest BCUT2D eigenvalue weighted by molar-refractivity contribution is -0.126. The Bertz CT molecular complexity index is 818. The van der Waals surface area contributed by atoms with Crippen LogP contribution in [0.1, 0.15) is 12.8 Å². The number of hydrogen-bond acceptors (Lipinski definition) is 6. The van der Waals surface area contributed by atoms with E-state index in [2.05, 4.69) is 10.6 Å². The Balaban J connectivity index is 1.64. The Labute approximate surface area is 158 Å². The summed E-state index contributed by atoms with van der Waals surface area (Å²) in [4.78, 5) is 23.6. The molecule has 2 N–H and O–H groups in total. The first kappa shape index (κ1) is 19.6. The molecule has 2 aliphatic heterocycles. The van der Waals surface area contributed by atoms with Crippen molar-refractivity contribution in [1.82, 2.24) is 9.62 Å². The minimum absolute atomic E-state index is 0.0715. The monoisotopic (exact) mass is 397 g/mol. The van der Waals surface area contributed by atoms with E-state index in [-0.39, 0.29) is 42.3 Å². The van der Waals surface area contributed by atoms with Gasteiger partial charge in [-0.1, -0.05) is 0 Å². The molecule has 0 aromatic heterocycles. The summed E-state index contributed by atoms with van der Waals surface area (Å²) in [7, 11) is -2.14. The smallest absolute Gasteiger partial charge is 0.262 e. The molecule has 0 atom stereocenters. The molecule has 0 saturated carbocycles. The molecule has 148 valence electrons. The van der Waals surface area contributed by atoms with Crippen LogP contribution >= 0.6 is 0 Å². The quantitative estimate of drug-likeness (QED) is 0.662. The van der Waals surface area contributed by atoms with Crippen LogP contribution in [-0.2, 0) is 24.3 Å². The van der Waals surface area contributed by atoms with Gasteiger partial charge in [-0.2, -0.15) is 4.31 Å². The van der Waals surface area contributed by atoms with E-state index in [1.165, 1.54) is 22.5 Å². The number of methoxy groups -OCH3 is 1. The average molecular weight is 397 g/mol. The van der Waals surface area contributed by atoms with Crippen LogP contribution in [0, 0.1) is 5.92 Å². The Kier molecular flexibility index (Phi) is 5.98. The number of carbonyl (C=O) groups excluding carboxylic acids is 2. The highest BCUT2D eigenvalue weighted by molar-refractivity contribution is 7.89. The Hall–Kier alpha value is -2.17. The van der Waals surface area contributed by atoms with Gasteiger partial charge in [0.25, 0.3) is 5.91 Å². The number of nitrogens with zero attached hydrogens (tertiary/aromatic N) is 1. The normalized spacial score (nSPS) is 18.3. The molecule has 0 unspecified atom stereocenters. The minimum atomic E-state index is -3.71. The zero-order valence-corrected chi connectivity index (χ0v) is 15.9. The summed E-state index contributed by atoms with van der Waals surface area (Å²) >= 11 is 0. The van der Waals surface area contributed by atoms with Gasteiger partial charge in [-0.25, -0.2) is 8.42 Å². The van der Waals surface area contributed by atoms with Crippen molar-refractivity contribution in [2.45, 2.75) is 17.7 Å². The number of ether oxygens (including phenoxy) is 2. The molecule has 0 radical (unpaired) electrons. The zero-order chi connectivity index (χ0) is 19.4. The van der Waals surface area contributed by atoms with Crippen molar-refractivity contribution in [1.29, 1.82) is 0 Å². The van der Waals surface area contributed by atoms with E-state index in [4.69, 9.17) is 9.47 Å². The second-order valence-electron chi connectivity index (χ2n) is 6.46. The number of rotatable bonds is 6. The van der Waals surface area contributed by atoms with E-state index in [0.29, 0.717) is 37.4 Å². The van der Waals surface area contributed by atoms with Gasteiger partial charge in [0.05, 0.1) is 17.2 Å². The third-order valence-corrected chi connectivity index (χ3v) is 6.55. The topological polar surface area (TPSA) is 114 Å². The van der Waals surface area contributed by atoms with Crippen LogP contribution in [0.3, 0.4) is 0 Å². The molecule has 1 aromatic rings. The maximum atomic E-state index is 12.9. The molecular formula is C17H23N3O6S. The molecule has 2 heterocycles. The lowest BCUT2D eigenvalue weighted by atomic mass is 9.97. The standard InChI is InChI=1S/C17H23N3O6S/c1-25-9-6-18-17(22)12-4-7-20(8-5-12)27(23,24)13-2-3-15-14(10-13)19-16(21)11-26-15/h2-3,10,12H,4-9,11H2,1H3,(H,18,22)(H,19,21). The number of anilines is 1. The first-order chi connectivity index (χ1) is 12.9. The van der Waals surface area contributed by atoms with Crippen molar-refractivity contribution in [3.05, 3.63) is 18.2 Å². The number of amides is 2. The van der Waals surface area contributed by atoms with E-state index in [0.717, 1.165) is 0 Å². The van der Waals surface area contributed by atoms with Gasteiger partial charge < -0.3 is 20.1 Å². The fourth-order valence-corrected chi connectivity index (χ4v) is 4.65. The number of sulfonamides is 1. The lowest BCUT2D eigenvalue weighted by Crippen LogP contribution is -2.43. The van der Waals surface area contributed by atoms with Crippen molar-refractivity contribution >= 4 is 27.5 Å². The van der Waals surface area contributed by atoms with Gasteiger partial charge in [0.1, 0.15) is 5.75 Å². The van der Waals surface area contributed by atoms with E-state index in [9.17, 15) is 18.0 Å². The van der Waals surface area contributed by atoms with Gasteiger partial charge in [0, 0.05) is 32.7 Å². The summed E-state index contributed by atoms with van der Waals surface area (Å²) in [6, 6.07) is 4.41. The molecule has 9 nitrogen and oxygen atoms in total. The number of carbonyl (C=O) groups is 2. The first-order valence-corrected chi connectivity index (χ1v) is 10.2. The Morgan fingerprint density at radius 3 is 2.81 bits per heavy atom. The average Bonchev–Trinajstić information content (AvgIpc) is 2.67. The summed E-state index contributed by atoms with van der Waals surface area (Å²) in [5, 5.41) is 5.40. The molecule has 1 fully saturated rings. The van der Waals surface area contributed by atoms with Crippen LogP contribution in [0.2, 0.25) is 0 Å². The van der Waals surface area contributed by atoms with Crippen LogP contribution in [0.25, 0.3) is 0 Å². The van der Waals surface area contributed by atoms with Crippen molar-refractivity contribution in [3.8, 4) is 5.75 Å². The SMILES string of the molecule is COCCNC(=O)C1CCN(S(=O)(=O)c2ccc3c(c2)NC(=O)CO3)CC1. The van der Waals surface area contributed by atoms with Crippen LogP contribution in [0.5, 0.6) is 5.75 Å². The van der Waals surface area contributed by atoms with Gasteiger partial charge in [-0.05, 0) is 31.0 Å². The molecule has 1 saturated heterocycles. The predicted octanol–water partition coefficient (Wildman–Crippen LogP) is 0.181. The highest BCUT2D eigenvalue weighted by atomic mass is 32.2. The molecule has 10 heteroatoms. The number of benzene rings is 1. The maximum Gasteiger partial charge on any atom is 0.262 e. The molecule has 2 aliphatic rings. The number of hydrogen-bond donors (Lipinski definition) is 2. The second kappa shape index (κ2) is 8.24. The second-order valence-corrected chi connectivity index (χ2v) is 8.39. The van der Waals surface area contributed by atoms with E-state index in [1.807, 2.05) is 0 Å². The van der Waals surface area contributed by atoms with Crippen molar-refractivity contribution < 1.29 is 27.5 Å². The molecule has 27 heavy (non-hydrogen) atoms.